The van der Waals surface area contributed by atoms with E-state index in [1.165, 1.54) is 19.3 Å². The highest BCUT2D eigenvalue weighted by Crippen LogP contribution is 2.36. The molecule has 0 aliphatic carbocycles. The summed E-state index contributed by atoms with van der Waals surface area (Å²) in [6.07, 6.45) is 4.75. The lowest BCUT2D eigenvalue weighted by atomic mass is 10.0. The summed E-state index contributed by atoms with van der Waals surface area (Å²) < 4.78 is 0.980. The standard InChI is InChI=1S/C20H28N3O/c1-5-23(11-7-6-8-12-23)18-9-10-22(20(18)24)19-15(2)13-17(21-4)14-16(19)3/h13-14,18H,5-12H2,1-3H3/q+1. The lowest BCUT2D eigenvalue weighted by Crippen LogP contribution is -2.60. The van der Waals surface area contributed by atoms with Gasteiger partial charge in [-0.3, -0.25) is 4.79 Å². The molecular weight excluding hydrogens is 298 g/mol. The number of likely N-dealkylation sites (tertiary alicyclic amines) is 1. The van der Waals surface area contributed by atoms with Gasteiger partial charge in [0.2, 0.25) is 0 Å². The summed E-state index contributed by atoms with van der Waals surface area (Å²) in [6.45, 7) is 17.6. The van der Waals surface area contributed by atoms with Crippen molar-refractivity contribution in [2.24, 2.45) is 0 Å². The molecule has 1 unspecified atom stereocenters. The molecule has 3 rings (SSSR count). The minimum Gasteiger partial charge on any atom is -0.314 e. The summed E-state index contributed by atoms with van der Waals surface area (Å²) in [6, 6.07) is 3.93. The van der Waals surface area contributed by atoms with Gasteiger partial charge in [0.25, 0.3) is 5.91 Å². The summed E-state index contributed by atoms with van der Waals surface area (Å²) in [5.74, 6) is 0.292. The molecule has 2 heterocycles. The molecule has 0 bridgehead atoms. The van der Waals surface area contributed by atoms with Crippen molar-refractivity contribution in [2.45, 2.75) is 52.5 Å². The zero-order valence-electron chi connectivity index (χ0n) is 15.1. The van der Waals surface area contributed by atoms with Gasteiger partial charge in [0.15, 0.2) is 11.7 Å². The Bertz CT molecular complexity index is 660. The molecule has 0 spiro atoms. The molecule has 2 aliphatic heterocycles. The maximum absolute atomic E-state index is 13.3. The third-order valence-electron chi connectivity index (χ3n) is 6.05. The van der Waals surface area contributed by atoms with E-state index in [1.54, 1.807) is 0 Å². The molecule has 4 heteroatoms. The smallest absolute Gasteiger partial charge is 0.285 e. The number of nitrogens with zero attached hydrogens (tertiary/aromatic N) is 3. The number of quaternary nitrogens is 1. The van der Waals surface area contributed by atoms with Gasteiger partial charge in [-0.1, -0.05) is 12.1 Å². The maximum atomic E-state index is 13.3. The van der Waals surface area contributed by atoms with Gasteiger partial charge in [-0.25, -0.2) is 4.85 Å². The highest BCUT2D eigenvalue weighted by molar-refractivity contribution is 6.00. The van der Waals surface area contributed by atoms with Crippen molar-refractivity contribution in [1.82, 2.24) is 0 Å². The first-order chi connectivity index (χ1) is 11.5. The van der Waals surface area contributed by atoms with Crippen LogP contribution in [0.25, 0.3) is 4.85 Å². The van der Waals surface area contributed by atoms with E-state index in [9.17, 15) is 4.79 Å². The van der Waals surface area contributed by atoms with Crippen LogP contribution in [0.5, 0.6) is 0 Å². The predicted octanol–water partition coefficient (Wildman–Crippen LogP) is 3.98. The van der Waals surface area contributed by atoms with Crippen molar-refractivity contribution in [3.63, 3.8) is 0 Å². The SMILES string of the molecule is [C-]#[N+]c1cc(C)c(N2CCC([N+]3(CC)CCCCC3)C2=O)c(C)c1. The van der Waals surface area contributed by atoms with E-state index < -0.39 is 0 Å². The second kappa shape index (κ2) is 6.57. The first kappa shape index (κ1) is 17.0. The molecule has 0 aromatic heterocycles. The fraction of sp³-hybridized carbons (Fsp3) is 0.600. The molecule has 0 N–H and O–H groups in total. The Labute approximate surface area is 145 Å². The molecule has 0 saturated carbocycles. The Morgan fingerprint density at radius 1 is 1.21 bits per heavy atom. The van der Waals surface area contributed by atoms with Crippen LogP contribution in [0.3, 0.4) is 0 Å². The Balaban J connectivity index is 1.91. The average molecular weight is 326 g/mol. The van der Waals surface area contributed by atoms with Gasteiger partial charge in [0, 0.05) is 18.7 Å². The third-order valence-corrected chi connectivity index (χ3v) is 6.05. The van der Waals surface area contributed by atoms with E-state index in [4.69, 9.17) is 6.57 Å². The third kappa shape index (κ3) is 2.71. The number of rotatable bonds is 3. The molecule has 1 aromatic carbocycles. The first-order valence-corrected chi connectivity index (χ1v) is 9.18. The molecule has 2 aliphatic rings. The monoisotopic (exact) mass is 326 g/mol. The Morgan fingerprint density at radius 3 is 2.38 bits per heavy atom. The van der Waals surface area contributed by atoms with Gasteiger partial charge in [0.05, 0.1) is 26.2 Å². The maximum Gasteiger partial charge on any atom is 0.285 e. The molecule has 128 valence electrons. The number of hydrogen-bond donors (Lipinski definition) is 0. The molecule has 4 nitrogen and oxygen atoms in total. The van der Waals surface area contributed by atoms with E-state index in [0.717, 1.165) is 53.9 Å². The average Bonchev–Trinajstić information content (AvgIpc) is 2.97. The number of carbonyl (C=O) groups excluding carboxylic acids is 1. The molecule has 1 atom stereocenters. The van der Waals surface area contributed by atoms with Gasteiger partial charge in [-0.2, -0.15) is 0 Å². The zero-order chi connectivity index (χ0) is 17.3. The second-order valence-electron chi connectivity index (χ2n) is 7.38. The van der Waals surface area contributed by atoms with E-state index >= 15 is 0 Å². The van der Waals surface area contributed by atoms with Gasteiger partial charge in [0.1, 0.15) is 0 Å². The Morgan fingerprint density at radius 2 is 1.83 bits per heavy atom. The number of likely N-dealkylation sites (N-methyl/N-ethyl adjacent to an activating group) is 1. The molecule has 1 amide bonds. The Kier molecular flexibility index (Phi) is 4.64. The minimum absolute atomic E-state index is 0.120. The number of piperidine rings is 1. The lowest BCUT2D eigenvalue weighted by molar-refractivity contribution is -0.944. The highest BCUT2D eigenvalue weighted by atomic mass is 16.2. The van der Waals surface area contributed by atoms with Crippen LogP contribution in [-0.4, -0.2) is 42.6 Å². The van der Waals surface area contributed by atoms with E-state index in [1.807, 2.05) is 30.9 Å². The van der Waals surface area contributed by atoms with Gasteiger partial charge in [-0.15, -0.1) is 0 Å². The number of carbonyl (C=O) groups is 1. The molecular formula is C20H28N3O+. The number of hydrogen-bond acceptors (Lipinski definition) is 1. The van der Waals surface area contributed by atoms with Crippen molar-refractivity contribution < 1.29 is 9.28 Å². The summed E-state index contributed by atoms with van der Waals surface area (Å²) in [7, 11) is 0. The first-order valence-electron chi connectivity index (χ1n) is 9.18. The summed E-state index contributed by atoms with van der Waals surface area (Å²) in [5.41, 5.74) is 3.76. The predicted molar refractivity (Wildman–Crippen MR) is 97.3 cm³/mol. The van der Waals surface area contributed by atoms with E-state index in [-0.39, 0.29) is 6.04 Å². The lowest BCUT2D eigenvalue weighted by Gasteiger charge is -2.44. The van der Waals surface area contributed by atoms with Crippen LogP contribution in [0.1, 0.15) is 43.7 Å². The van der Waals surface area contributed by atoms with Crippen LogP contribution in [-0.2, 0) is 4.79 Å². The summed E-state index contributed by atoms with van der Waals surface area (Å²) >= 11 is 0. The van der Waals surface area contributed by atoms with E-state index in [0.29, 0.717) is 11.6 Å². The summed E-state index contributed by atoms with van der Waals surface area (Å²) in [5, 5.41) is 0. The van der Waals surface area contributed by atoms with E-state index in [2.05, 4.69) is 11.8 Å². The van der Waals surface area contributed by atoms with Crippen LogP contribution in [0.15, 0.2) is 12.1 Å². The highest BCUT2D eigenvalue weighted by Gasteiger charge is 2.47. The van der Waals surface area contributed by atoms with Gasteiger partial charge < -0.3 is 9.38 Å². The number of benzene rings is 1. The van der Waals surface area contributed by atoms with Gasteiger partial charge in [-0.05, 0) is 51.2 Å². The molecule has 2 saturated heterocycles. The van der Waals surface area contributed by atoms with Crippen LogP contribution in [0.4, 0.5) is 11.4 Å². The molecule has 1 aromatic rings. The van der Waals surface area contributed by atoms with Crippen molar-refractivity contribution in [2.75, 3.05) is 31.1 Å². The van der Waals surface area contributed by atoms with Crippen LogP contribution in [0, 0.1) is 20.4 Å². The largest absolute Gasteiger partial charge is 0.314 e. The molecule has 0 radical (unpaired) electrons. The molecule has 2 fully saturated rings. The number of aryl methyl sites for hydroxylation is 2. The van der Waals surface area contributed by atoms with Crippen LogP contribution >= 0.6 is 0 Å². The topological polar surface area (TPSA) is 24.7 Å². The van der Waals surface area contributed by atoms with Crippen molar-refractivity contribution in [3.05, 3.63) is 34.7 Å². The van der Waals surface area contributed by atoms with Crippen molar-refractivity contribution in [3.8, 4) is 0 Å². The zero-order valence-corrected chi connectivity index (χ0v) is 15.1. The molecule has 24 heavy (non-hydrogen) atoms. The fourth-order valence-corrected chi connectivity index (χ4v) is 4.81. The van der Waals surface area contributed by atoms with Crippen LogP contribution < -0.4 is 4.90 Å². The van der Waals surface area contributed by atoms with Crippen molar-refractivity contribution in [1.29, 1.82) is 0 Å². The van der Waals surface area contributed by atoms with Crippen molar-refractivity contribution >= 4 is 17.3 Å². The summed E-state index contributed by atoms with van der Waals surface area (Å²) in [4.78, 5) is 18.8. The normalized spacial score (nSPS) is 23.3. The quantitative estimate of drug-likeness (QED) is 0.609. The second-order valence-corrected chi connectivity index (χ2v) is 7.38. The van der Waals surface area contributed by atoms with Gasteiger partial charge >= 0.3 is 0 Å². The minimum atomic E-state index is 0.120. The number of anilines is 1. The fourth-order valence-electron chi connectivity index (χ4n) is 4.81. The van der Waals surface area contributed by atoms with Crippen LogP contribution in [0.2, 0.25) is 0 Å². The Hall–Kier alpha value is -1.86. The number of amides is 1.